The van der Waals surface area contributed by atoms with Gasteiger partial charge in [0.05, 0.1) is 0 Å². The summed E-state index contributed by atoms with van der Waals surface area (Å²) in [7, 11) is 1.70. The minimum absolute atomic E-state index is 0.00934. The van der Waals surface area contributed by atoms with Crippen molar-refractivity contribution >= 4 is 5.91 Å². The second-order valence-corrected chi connectivity index (χ2v) is 5.19. The minimum atomic E-state index is -2.89. The van der Waals surface area contributed by atoms with Crippen LogP contribution in [0.1, 0.15) is 23.2 Å². The number of nitrogens with two attached hydrogens (primary N) is 1. The van der Waals surface area contributed by atoms with Crippen LogP contribution in [-0.4, -0.2) is 37.1 Å². The zero-order chi connectivity index (χ0) is 14.7. The first-order valence-corrected chi connectivity index (χ1v) is 6.51. The molecular weight excluding hydrogens is 266 g/mol. The fourth-order valence-electron chi connectivity index (χ4n) is 2.43. The van der Waals surface area contributed by atoms with E-state index in [0.29, 0.717) is 18.0 Å². The topological polar surface area (TPSA) is 55.6 Å². The zero-order valence-electron chi connectivity index (χ0n) is 11.3. The summed E-state index contributed by atoms with van der Waals surface area (Å²) in [5.41, 5.74) is 6.05. The van der Waals surface area contributed by atoms with Gasteiger partial charge in [-0.3, -0.25) is 4.79 Å². The number of amides is 1. The predicted molar refractivity (Wildman–Crippen MR) is 70.7 cm³/mol. The SMILES string of the molecule is CN(CC1CC(N)C1)C(=O)c1cccc(OC(F)F)c1. The molecule has 1 fully saturated rings. The van der Waals surface area contributed by atoms with Gasteiger partial charge in [0.2, 0.25) is 0 Å². The van der Waals surface area contributed by atoms with Crippen LogP contribution in [-0.2, 0) is 0 Å². The van der Waals surface area contributed by atoms with E-state index in [-0.39, 0.29) is 17.7 Å². The van der Waals surface area contributed by atoms with Crippen LogP contribution in [0.3, 0.4) is 0 Å². The monoisotopic (exact) mass is 284 g/mol. The molecule has 0 heterocycles. The number of carbonyl (C=O) groups is 1. The maximum Gasteiger partial charge on any atom is 0.387 e. The van der Waals surface area contributed by atoms with Crippen molar-refractivity contribution in [1.29, 1.82) is 0 Å². The van der Waals surface area contributed by atoms with Gasteiger partial charge in [-0.2, -0.15) is 8.78 Å². The van der Waals surface area contributed by atoms with Crippen LogP contribution in [0.25, 0.3) is 0 Å². The van der Waals surface area contributed by atoms with Crippen molar-refractivity contribution in [2.45, 2.75) is 25.5 Å². The Bertz CT molecular complexity index is 476. The molecular formula is C14H18F2N2O2. The second kappa shape index (κ2) is 6.17. The second-order valence-electron chi connectivity index (χ2n) is 5.19. The maximum absolute atomic E-state index is 12.2. The highest BCUT2D eigenvalue weighted by atomic mass is 19.3. The van der Waals surface area contributed by atoms with Crippen molar-refractivity contribution < 1.29 is 18.3 Å². The fraction of sp³-hybridized carbons (Fsp3) is 0.500. The lowest BCUT2D eigenvalue weighted by Gasteiger charge is -2.35. The Morgan fingerprint density at radius 3 is 2.80 bits per heavy atom. The highest BCUT2D eigenvalue weighted by Crippen LogP contribution is 2.26. The van der Waals surface area contributed by atoms with Gasteiger partial charge in [-0.05, 0) is 37.0 Å². The minimum Gasteiger partial charge on any atom is -0.435 e. The molecule has 1 amide bonds. The molecule has 0 aliphatic heterocycles. The average molecular weight is 284 g/mol. The number of hydrogen-bond donors (Lipinski definition) is 1. The Kier molecular flexibility index (Phi) is 4.54. The van der Waals surface area contributed by atoms with Gasteiger partial charge < -0.3 is 15.4 Å². The standard InChI is InChI=1S/C14H18F2N2O2/c1-18(8-9-5-11(17)6-9)13(19)10-3-2-4-12(7-10)20-14(15)16/h2-4,7,9,11,14H,5-6,8,17H2,1H3. The molecule has 1 aromatic rings. The van der Waals surface area contributed by atoms with E-state index in [2.05, 4.69) is 4.74 Å². The van der Waals surface area contributed by atoms with Crippen molar-refractivity contribution in [2.75, 3.05) is 13.6 Å². The number of carbonyl (C=O) groups excluding carboxylic acids is 1. The van der Waals surface area contributed by atoms with E-state index in [9.17, 15) is 13.6 Å². The van der Waals surface area contributed by atoms with Crippen LogP contribution in [0.5, 0.6) is 5.75 Å². The largest absolute Gasteiger partial charge is 0.435 e. The van der Waals surface area contributed by atoms with E-state index in [0.717, 1.165) is 12.8 Å². The highest BCUT2D eigenvalue weighted by Gasteiger charge is 2.28. The molecule has 1 aromatic carbocycles. The maximum atomic E-state index is 12.2. The molecule has 1 aliphatic rings. The number of hydrogen-bond acceptors (Lipinski definition) is 3. The molecule has 1 saturated carbocycles. The normalized spacial score (nSPS) is 21.4. The summed E-state index contributed by atoms with van der Waals surface area (Å²) in [6.07, 6.45) is 1.85. The number of nitrogens with zero attached hydrogens (tertiary/aromatic N) is 1. The van der Waals surface area contributed by atoms with Gasteiger partial charge >= 0.3 is 6.61 Å². The smallest absolute Gasteiger partial charge is 0.387 e. The number of alkyl halides is 2. The number of halogens is 2. The number of benzene rings is 1. The number of rotatable bonds is 5. The van der Waals surface area contributed by atoms with Crippen LogP contribution < -0.4 is 10.5 Å². The summed E-state index contributed by atoms with van der Waals surface area (Å²) >= 11 is 0. The lowest BCUT2D eigenvalue weighted by atomic mass is 9.80. The first-order valence-electron chi connectivity index (χ1n) is 6.51. The average Bonchev–Trinajstić information content (AvgIpc) is 2.35. The third-order valence-electron chi connectivity index (χ3n) is 3.46. The van der Waals surface area contributed by atoms with E-state index in [1.807, 2.05) is 0 Å². The zero-order valence-corrected chi connectivity index (χ0v) is 11.3. The quantitative estimate of drug-likeness (QED) is 0.901. The fourth-order valence-corrected chi connectivity index (χ4v) is 2.43. The van der Waals surface area contributed by atoms with E-state index in [1.54, 1.807) is 18.0 Å². The molecule has 0 saturated heterocycles. The Morgan fingerprint density at radius 2 is 2.20 bits per heavy atom. The van der Waals surface area contributed by atoms with Gasteiger partial charge in [0.15, 0.2) is 0 Å². The Hall–Kier alpha value is -1.69. The predicted octanol–water partition coefficient (Wildman–Crippen LogP) is 2.10. The third-order valence-corrected chi connectivity index (χ3v) is 3.46. The van der Waals surface area contributed by atoms with E-state index in [1.165, 1.54) is 18.2 Å². The first kappa shape index (κ1) is 14.7. The summed E-state index contributed by atoms with van der Waals surface area (Å²) in [6.45, 7) is -2.26. The van der Waals surface area contributed by atoms with Gasteiger partial charge in [-0.15, -0.1) is 0 Å². The van der Waals surface area contributed by atoms with Gasteiger partial charge in [0.25, 0.3) is 5.91 Å². The first-order chi connectivity index (χ1) is 9.45. The Morgan fingerprint density at radius 1 is 1.50 bits per heavy atom. The van der Waals surface area contributed by atoms with Crippen molar-refractivity contribution in [3.05, 3.63) is 29.8 Å². The summed E-state index contributed by atoms with van der Waals surface area (Å²) < 4.78 is 28.6. The number of ether oxygens (including phenoxy) is 1. The van der Waals surface area contributed by atoms with Crippen LogP contribution in [0.2, 0.25) is 0 Å². The Labute approximate surface area is 116 Å². The molecule has 0 spiro atoms. The molecule has 6 heteroatoms. The van der Waals surface area contributed by atoms with Crippen LogP contribution >= 0.6 is 0 Å². The molecule has 1 aliphatic carbocycles. The molecule has 2 N–H and O–H groups in total. The Balaban J connectivity index is 1.97. The third kappa shape index (κ3) is 3.66. The molecule has 20 heavy (non-hydrogen) atoms. The molecule has 4 nitrogen and oxygen atoms in total. The van der Waals surface area contributed by atoms with E-state index < -0.39 is 6.61 Å². The van der Waals surface area contributed by atoms with Gasteiger partial charge in [0.1, 0.15) is 5.75 Å². The summed E-state index contributed by atoms with van der Waals surface area (Å²) in [5, 5.41) is 0. The molecule has 2 rings (SSSR count). The van der Waals surface area contributed by atoms with Gasteiger partial charge in [-0.25, -0.2) is 0 Å². The van der Waals surface area contributed by atoms with E-state index in [4.69, 9.17) is 5.73 Å². The molecule has 0 aromatic heterocycles. The van der Waals surface area contributed by atoms with E-state index >= 15 is 0 Å². The lowest BCUT2D eigenvalue weighted by molar-refractivity contribution is -0.0499. The van der Waals surface area contributed by atoms with Crippen LogP contribution in [0.15, 0.2) is 24.3 Å². The van der Waals surface area contributed by atoms with Crippen molar-refractivity contribution in [2.24, 2.45) is 11.7 Å². The molecule has 0 bridgehead atoms. The molecule has 110 valence electrons. The highest BCUT2D eigenvalue weighted by molar-refractivity contribution is 5.94. The van der Waals surface area contributed by atoms with Crippen molar-refractivity contribution in [3.8, 4) is 5.75 Å². The lowest BCUT2D eigenvalue weighted by Crippen LogP contribution is -2.43. The van der Waals surface area contributed by atoms with Crippen molar-refractivity contribution in [3.63, 3.8) is 0 Å². The van der Waals surface area contributed by atoms with Gasteiger partial charge in [-0.1, -0.05) is 6.07 Å². The summed E-state index contributed by atoms with van der Waals surface area (Å²) in [4.78, 5) is 13.8. The molecule has 0 atom stereocenters. The van der Waals surface area contributed by atoms with Crippen molar-refractivity contribution in [1.82, 2.24) is 4.90 Å². The summed E-state index contributed by atoms with van der Waals surface area (Å²) in [6, 6.07) is 6.08. The van der Waals surface area contributed by atoms with Crippen LogP contribution in [0, 0.1) is 5.92 Å². The van der Waals surface area contributed by atoms with Crippen LogP contribution in [0.4, 0.5) is 8.78 Å². The molecule has 0 unspecified atom stereocenters. The molecule has 0 radical (unpaired) electrons. The summed E-state index contributed by atoms with van der Waals surface area (Å²) in [5.74, 6) is 0.217. The van der Waals surface area contributed by atoms with Gasteiger partial charge in [0, 0.05) is 25.2 Å².